The number of pyridine rings is 1. The van der Waals surface area contributed by atoms with Crippen molar-refractivity contribution in [1.82, 2.24) is 15.6 Å². The molecule has 4 rings (SSSR count). The molecule has 0 radical (unpaired) electrons. The number of rotatable bonds is 4. The lowest BCUT2D eigenvalue weighted by Crippen LogP contribution is -2.36. The first-order valence-electron chi connectivity index (χ1n) is 11.3. The zero-order valence-corrected chi connectivity index (χ0v) is 18.0. The maximum absolute atomic E-state index is 11.8. The van der Waals surface area contributed by atoms with E-state index in [1.54, 1.807) is 31.3 Å². The number of hydrogen-bond acceptors (Lipinski definition) is 4. The molecule has 2 aromatic rings. The molecule has 1 aromatic heterocycles. The van der Waals surface area contributed by atoms with E-state index in [4.69, 9.17) is 0 Å². The fourth-order valence-corrected chi connectivity index (χ4v) is 4.38. The molecule has 0 spiro atoms. The van der Waals surface area contributed by atoms with Crippen molar-refractivity contribution < 1.29 is 9.90 Å². The van der Waals surface area contributed by atoms with E-state index in [0.717, 1.165) is 37.2 Å². The van der Waals surface area contributed by atoms with E-state index in [1.165, 1.54) is 44.9 Å². The number of phenolic OH excluding ortho intramolecular Hbond substituents is 1. The molecule has 4 N–H and O–H groups in total. The van der Waals surface area contributed by atoms with Crippen molar-refractivity contribution in [2.24, 2.45) is 5.92 Å². The Hall–Kier alpha value is -2.34. The number of amides is 1. The zero-order chi connectivity index (χ0) is 21.3. The first kappa shape index (κ1) is 22.3. The van der Waals surface area contributed by atoms with Crippen LogP contribution < -0.4 is 16.2 Å². The predicted octanol–water partition coefficient (Wildman–Crippen LogP) is 3.76. The quantitative estimate of drug-likeness (QED) is 0.614. The summed E-state index contributed by atoms with van der Waals surface area (Å²) in [5, 5.41) is 17.3. The van der Waals surface area contributed by atoms with Gasteiger partial charge in [0, 0.05) is 24.0 Å². The van der Waals surface area contributed by atoms with Gasteiger partial charge in [-0.15, -0.1) is 0 Å². The van der Waals surface area contributed by atoms with Crippen LogP contribution in [0.4, 0.5) is 0 Å². The van der Waals surface area contributed by atoms with E-state index in [1.807, 2.05) is 0 Å². The molecular weight excluding hydrogens is 378 g/mol. The maximum Gasteiger partial charge on any atom is 0.255 e. The molecular formula is C24H35N3O3. The molecule has 1 saturated heterocycles. The van der Waals surface area contributed by atoms with E-state index in [9.17, 15) is 14.7 Å². The number of piperidine rings is 1. The number of aromatic hydroxyl groups is 1. The average molecular weight is 414 g/mol. The van der Waals surface area contributed by atoms with Gasteiger partial charge in [0.25, 0.3) is 5.56 Å². The van der Waals surface area contributed by atoms with E-state index >= 15 is 0 Å². The lowest BCUT2D eigenvalue weighted by molar-refractivity contribution is -0.122. The molecule has 0 atom stereocenters. The van der Waals surface area contributed by atoms with Crippen LogP contribution >= 0.6 is 0 Å². The number of carbonyl (C=O) groups is 1. The van der Waals surface area contributed by atoms with Gasteiger partial charge in [-0.1, -0.05) is 19.3 Å². The molecule has 1 aliphatic carbocycles. The number of aromatic nitrogens is 1. The number of benzene rings is 1. The summed E-state index contributed by atoms with van der Waals surface area (Å²) in [6.07, 6.45) is 12.2. The molecule has 0 unspecified atom stereocenters. The zero-order valence-electron chi connectivity index (χ0n) is 18.0. The number of H-pyrrole nitrogens is 1. The van der Waals surface area contributed by atoms with Gasteiger partial charge in [0.05, 0.1) is 0 Å². The van der Waals surface area contributed by atoms with Gasteiger partial charge in [0.2, 0.25) is 5.91 Å². The standard InChI is InChI=1S/C14H26N2O.C10H9NO2/c17-14(16-13-4-2-1-3-5-13)7-6-12-8-10-15-11-9-12;1-6-4-8-7(5-9(6)12)2-3-11-10(8)13/h12-13,15H,1-11H2,(H,16,17);2-5,12H,1H3,(H,11,13). The number of aromatic amines is 1. The summed E-state index contributed by atoms with van der Waals surface area (Å²) in [7, 11) is 0. The summed E-state index contributed by atoms with van der Waals surface area (Å²) >= 11 is 0. The Bertz CT molecular complexity index is 881. The molecule has 1 aromatic carbocycles. The van der Waals surface area contributed by atoms with Crippen LogP contribution in [0.25, 0.3) is 10.8 Å². The molecule has 1 amide bonds. The van der Waals surface area contributed by atoms with Gasteiger partial charge in [-0.05, 0) is 87.2 Å². The largest absolute Gasteiger partial charge is 0.508 e. The molecule has 0 bridgehead atoms. The number of aryl methyl sites for hydroxylation is 1. The lowest BCUT2D eigenvalue weighted by Gasteiger charge is -2.24. The molecule has 6 nitrogen and oxygen atoms in total. The Labute approximate surface area is 178 Å². The van der Waals surface area contributed by atoms with Gasteiger partial charge < -0.3 is 20.7 Å². The smallest absolute Gasteiger partial charge is 0.255 e. The Morgan fingerprint density at radius 2 is 1.87 bits per heavy atom. The average Bonchev–Trinajstić information content (AvgIpc) is 2.76. The van der Waals surface area contributed by atoms with Crippen LogP contribution in [-0.2, 0) is 4.79 Å². The highest BCUT2D eigenvalue weighted by Gasteiger charge is 2.18. The first-order chi connectivity index (χ1) is 14.5. The first-order valence-corrected chi connectivity index (χ1v) is 11.3. The molecule has 1 saturated carbocycles. The van der Waals surface area contributed by atoms with Crippen LogP contribution in [0.1, 0.15) is 63.4 Å². The summed E-state index contributed by atoms with van der Waals surface area (Å²) in [6, 6.07) is 5.52. The molecule has 6 heteroatoms. The highest BCUT2D eigenvalue weighted by molar-refractivity contribution is 5.83. The third-order valence-corrected chi connectivity index (χ3v) is 6.30. The van der Waals surface area contributed by atoms with Crippen molar-refractivity contribution in [3.63, 3.8) is 0 Å². The highest BCUT2D eigenvalue weighted by Crippen LogP contribution is 2.21. The van der Waals surface area contributed by atoms with Gasteiger partial charge in [0.15, 0.2) is 0 Å². The fourth-order valence-electron chi connectivity index (χ4n) is 4.38. The summed E-state index contributed by atoms with van der Waals surface area (Å²) in [5.41, 5.74) is 0.588. The molecule has 164 valence electrons. The van der Waals surface area contributed by atoms with E-state index in [0.29, 0.717) is 17.0 Å². The number of fused-ring (bicyclic) bond motifs is 1. The summed E-state index contributed by atoms with van der Waals surface area (Å²) in [4.78, 5) is 25.7. The summed E-state index contributed by atoms with van der Waals surface area (Å²) in [5.74, 6) is 1.28. The topological polar surface area (TPSA) is 94.2 Å². The monoisotopic (exact) mass is 413 g/mol. The van der Waals surface area contributed by atoms with E-state index in [-0.39, 0.29) is 17.2 Å². The second-order valence-electron chi connectivity index (χ2n) is 8.67. The Morgan fingerprint density at radius 1 is 1.13 bits per heavy atom. The minimum Gasteiger partial charge on any atom is -0.508 e. The maximum atomic E-state index is 11.8. The second-order valence-corrected chi connectivity index (χ2v) is 8.67. The van der Waals surface area contributed by atoms with Gasteiger partial charge in [-0.3, -0.25) is 9.59 Å². The van der Waals surface area contributed by atoms with E-state index in [2.05, 4.69) is 15.6 Å². The van der Waals surface area contributed by atoms with Crippen molar-refractivity contribution in [3.8, 4) is 5.75 Å². The third-order valence-electron chi connectivity index (χ3n) is 6.30. The van der Waals surface area contributed by atoms with Crippen LogP contribution in [0, 0.1) is 12.8 Å². The minimum absolute atomic E-state index is 0.124. The number of nitrogens with one attached hydrogen (secondary N) is 3. The Balaban J connectivity index is 0.000000177. The molecule has 2 fully saturated rings. The SMILES string of the molecule is Cc1cc2c(=O)[nH]ccc2cc1O.O=C(CCC1CCNCC1)NC1CCCCC1. The van der Waals surface area contributed by atoms with Crippen molar-refractivity contribution in [2.75, 3.05) is 13.1 Å². The van der Waals surface area contributed by atoms with Crippen molar-refractivity contribution in [2.45, 2.75) is 70.8 Å². The van der Waals surface area contributed by atoms with Crippen molar-refractivity contribution in [3.05, 3.63) is 40.3 Å². The van der Waals surface area contributed by atoms with Crippen molar-refractivity contribution in [1.29, 1.82) is 0 Å². The van der Waals surface area contributed by atoms with Crippen molar-refractivity contribution >= 4 is 16.7 Å². The lowest BCUT2D eigenvalue weighted by atomic mass is 9.92. The molecule has 1 aliphatic heterocycles. The molecule has 30 heavy (non-hydrogen) atoms. The Kier molecular flexibility index (Phi) is 8.31. The third kappa shape index (κ3) is 6.59. The van der Waals surface area contributed by atoms with Crippen LogP contribution in [0.3, 0.4) is 0 Å². The van der Waals surface area contributed by atoms with Gasteiger partial charge >= 0.3 is 0 Å². The van der Waals surface area contributed by atoms with E-state index < -0.39 is 0 Å². The van der Waals surface area contributed by atoms with Gasteiger partial charge in [-0.25, -0.2) is 0 Å². The number of hydrogen-bond donors (Lipinski definition) is 4. The van der Waals surface area contributed by atoms with Crippen LogP contribution in [0.5, 0.6) is 5.75 Å². The Morgan fingerprint density at radius 3 is 2.60 bits per heavy atom. The van der Waals surface area contributed by atoms with Crippen LogP contribution in [0.15, 0.2) is 29.2 Å². The normalized spacial score (nSPS) is 17.9. The van der Waals surface area contributed by atoms with Crippen LogP contribution in [-0.4, -0.2) is 35.1 Å². The molecule has 2 heterocycles. The number of carbonyl (C=O) groups excluding carboxylic acids is 1. The predicted molar refractivity (Wildman–Crippen MR) is 121 cm³/mol. The molecule has 2 aliphatic rings. The summed E-state index contributed by atoms with van der Waals surface area (Å²) in [6.45, 7) is 4.03. The van der Waals surface area contributed by atoms with Crippen LogP contribution in [0.2, 0.25) is 0 Å². The second kappa shape index (κ2) is 11.2. The van der Waals surface area contributed by atoms with Gasteiger partial charge in [0.1, 0.15) is 5.75 Å². The highest BCUT2D eigenvalue weighted by atomic mass is 16.3. The fraction of sp³-hybridized carbons (Fsp3) is 0.583. The minimum atomic E-state index is -0.124. The summed E-state index contributed by atoms with van der Waals surface area (Å²) < 4.78 is 0. The number of phenols is 1. The van der Waals surface area contributed by atoms with Gasteiger partial charge in [-0.2, -0.15) is 0 Å².